The SMILES string of the molecule is CCOC(=O)NC(=O)COC(=O)COc1c(C)cc(Br)cc1Cl. The summed E-state index contributed by atoms with van der Waals surface area (Å²) in [6, 6.07) is 3.40. The maximum Gasteiger partial charge on any atom is 0.413 e. The molecule has 2 amide bonds. The zero-order valence-electron chi connectivity index (χ0n) is 12.5. The fourth-order valence-corrected chi connectivity index (χ4v) is 2.53. The molecule has 0 atom stereocenters. The third-order valence-corrected chi connectivity index (χ3v) is 3.15. The van der Waals surface area contributed by atoms with Crippen LogP contribution in [0.2, 0.25) is 5.02 Å². The minimum atomic E-state index is -0.901. The molecular weight excluding hydrogens is 394 g/mol. The van der Waals surface area contributed by atoms with Crippen molar-refractivity contribution in [1.82, 2.24) is 5.32 Å². The number of imide groups is 1. The molecule has 23 heavy (non-hydrogen) atoms. The molecule has 1 aromatic rings. The normalized spacial score (nSPS) is 9.91. The second-order valence-electron chi connectivity index (χ2n) is 4.25. The predicted octanol–water partition coefficient (Wildman–Crippen LogP) is 2.61. The standard InChI is InChI=1S/C14H15BrClNO6/c1-3-21-14(20)17-11(18)6-22-12(19)7-23-13-8(2)4-9(15)5-10(13)16/h4-5H,3,6-7H2,1-2H3,(H,17,18,20). The minimum Gasteiger partial charge on any atom is -0.480 e. The van der Waals surface area contributed by atoms with E-state index in [9.17, 15) is 14.4 Å². The number of carbonyl (C=O) groups excluding carboxylic acids is 3. The molecule has 0 spiro atoms. The molecule has 1 rings (SSSR count). The van der Waals surface area contributed by atoms with Gasteiger partial charge in [0.25, 0.3) is 5.91 Å². The van der Waals surface area contributed by atoms with Crippen LogP contribution in [0, 0.1) is 6.92 Å². The highest BCUT2D eigenvalue weighted by Crippen LogP contribution is 2.31. The van der Waals surface area contributed by atoms with Crippen molar-refractivity contribution in [2.75, 3.05) is 19.8 Å². The topological polar surface area (TPSA) is 90.9 Å². The molecule has 1 aromatic carbocycles. The van der Waals surface area contributed by atoms with Gasteiger partial charge in [0.2, 0.25) is 0 Å². The van der Waals surface area contributed by atoms with Crippen molar-refractivity contribution < 1.29 is 28.6 Å². The number of alkyl carbamates (subject to hydrolysis) is 1. The lowest BCUT2D eigenvalue weighted by Gasteiger charge is -2.11. The van der Waals surface area contributed by atoms with Crippen molar-refractivity contribution in [1.29, 1.82) is 0 Å². The maximum absolute atomic E-state index is 11.5. The molecule has 126 valence electrons. The van der Waals surface area contributed by atoms with Gasteiger partial charge in [-0.2, -0.15) is 0 Å². The van der Waals surface area contributed by atoms with Gasteiger partial charge in [-0.15, -0.1) is 0 Å². The highest BCUT2D eigenvalue weighted by atomic mass is 79.9. The first-order valence-electron chi connectivity index (χ1n) is 6.54. The number of rotatable bonds is 6. The van der Waals surface area contributed by atoms with E-state index in [4.69, 9.17) is 16.3 Å². The van der Waals surface area contributed by atoms with Crippen molar-refractivity contribution >= 4 is 45.5 Å². The Morgan fingerprint density at radius 1 is 1.22 bits per heavy atom. The van der Waals surface area contributed by atoms with Gasteiger partial charge in [-0.05, 0) is 31.5 Å². The van der Waals surface area contributed by atoms with E-state index in [1.165, 1.54) is 0 Å². The predicted molar refractivity (Wildman–Crippen MR) is 85.5 cm³/mol. The number of hydrogen-bond acceptors (Lipinski definition) is 6. The van der Waals surface area contributed by atoms with Gasteiger partial charge < -0.3 is 14.2 Å². The first-order valence-corrected chi connectivity index (χ1v) is 7.71. The molecule has 0 heterocycles. The van der Waals surface area contributed by atoms with E-state index in [1.807, 2.05) is 5.32 Å². The molecule has 9 heteroatoms. The Kier molecular flexibility index (Phi) is 7.84. The van der Waals surface area contributed by atoms with Crippen molar-refractivity contribution in [2.24, 2.45) is 0 Å². The van der Waals surface area contributed by atoms with E-state index in [0.29, 0.717) is 10.8 Å². The van der Waals surface area contributed by atoms with Crippen molar-refractivity contribution in [3.8, 4) is 5.75 Å². The van der Waals surface area contributed by atoms with Crippen LogP contribution in [0.15, 0.2) is 16.6 Å². The average molecular weight is 409 g/mol. The molecule has 0 unspecified atom stereocenters. The quantitative estimate of drug-likeness (QED) is 0.728. The van der Waals surface area contributed by atoms with E-state index in [-0.39, 0.29) is 6.61 Å². The summed E-state index contributed by atoms with van der Waals surface area (Å²) in [4.78, 5) is 33.8. The Morgan fingerprint density at radius 3 is 2.52 bits per heavy atom. The summed E-state index contributed by atoms with van der Waals surface area (Å²) in [7, 11) is 0. The van der Waals surface area contributed by atoms with Crippen LogP contribution in [0.5, 0.6) is 5.75 Å². The largest absolute Gasteiger partial charge is 0.480 e. The monoisotopic (exact) mass is 407 g/mol. The molecule has 0 bridgehead atoms. The van der Waals surface area contributed by atoms with Crippen LogP contribution >= 0.6 is 27.5 Å². The van der Waals surface area contributed by atoms with Gasteiger partial charge >= 0.3 is 12.1 Å². The van der Waals surface area contributed by atoms with Gasteiger partial charge in [0.1, 0.15) is 5.75 Å². The summed E-state index contributed by atoms with van der Waals surface area (Å²) in [5.74, 6) is -1.22. The molecule has 0 aliphatic carbocycles. The van der Waals surface area contributed by atoms with Crippen LogP contribution in [0.4, 0.5) is 4.79 Å². The molecule has 0 aliphatic heterocycles. The van der Waals surface area contributed by atoms with Gasteiger partial charge in [-0.3, -0.25) is 10.1 Å². The molecule has 0 fully saturated rings. The van der Waals surface area contributed by atoms with Crippen molar-refractivity contribution in [3.63, 3.8) is 0 Å². The molecule has 0 aromatic heterocycles. The maximum atomic E-state index is 11.5. The van der Waals surface area contributed by atoms with E-state index in [0.717, 1.165) is 10.0 Å². The molecule has 0 radical (unpaired) electrons. The van der Waals surface area contributed by atoms with Gasteiger partial charge in [-0.1, -0.05) is 27.5 Å². The van der Waals surface area contributed by atoms with Crippen LogP contribution in [-0.4, -0.2) is 37.8 Å². The second kappa shape index (κ2) is 9.36. The van der Waals surface area contributed by atoms with E-state index >= 15 is 0 Å². The number of nitrogens with one attached hydrogen (secondary N) is 1. The highest BCUT2D eigenvalue weighted by molar-refractivity contribution is 9.10. The second-order valence-corrected chi connectivity index (χ2v) is 5.57. The summed E-state index contributed by atoms with van der Waals surface area (Å²) in [6.45, 7) is 2.45. The first-order chi connectivity index (χ1) is 10.8. The van der Waals surface area contributed by atoms with E-state index in [2.05, 4.69) is 25.4 Å². The van der Waals surface area contributed by atoms with E-state index in [1.54, 1.807) is 26.0 Å². The number of aryl methyl sites for hydroxylation is 1. The fraction of sp³-hybridized carbons (Fsp3) is 0.357. The first kappa shape index (κ1) is 19.2. The zero-order valence-corrected chi connectivity index (χ0v) is 14.8. The number of esters is 1. The fourth-order valence-electron chi connectivity index (χ4n) is 1.51. The average Bonchev–Trinajstić information content (AvgIpc) is 2.44. The number of hydrogen-bond donors (Lipinski definition) is 1. The van der Waals surface area contributed by atoms with Crippen LogP contribution < -0.4 is 10.1 Å². The number of carbonyl (C=O) groups is 3. The third-order valence-electron chi connectivity index (χ3n) is 2.41. The van der Waals surface area contributed by atoms with E-state index < -0.39 is 31.2 Å². The lowest BCUT2D eigenvalue weighted by Crippen LogP contribution is -2.35. The summed E-state index contributed by atoms with van der Waals surface area (Å²) < 4.78 is 15.2. The molecule has 1 N–H and O–H groups in total. The van der Waals surface area contributed by atoms with Gasteiger partial charge in [0.15, 0.2) is 13.2 Å². The Hall–Kier alpha value is -1.80. The van der Waals surface area contributed by atoms with Crippen molar-refractivity contribution in [3.05, 3.63) is 27.2 Å². The van der Waals surface area contributed by atoms with Gasteiger partial charge in [0, 0.05) is 4.47 Å². The molecule has 7 nitrogen and oxygen atoms in total. The Bertz CT molecular complexity index is 584. The summed E-state index contributed by atoms with van der Waals surface area (Å²) >= 11 is 9.29. The van der Waals surface area contributed by atoms with Crippen LogP contribution in [-0.2, 0) is 19.1 Å². The molecule has 0 aliphatic rings. The van der Waals surface area contributed by atoms with Crippen LogP contribution in [0.1, 0.15) is 12.5 Å². The summed E-state index contributed by atoms with van der Waals surface area (Å²) in [5, 5.41) is 2.23. The van der Waals surface area contributed by atoms with Crippen LogP contribution in [0.25, 0.3) is 0 Å². The van der Waals surface area contributed by atoms with Crippen LogP contribution in [0.3, 0.4) is 0 Å². The third kappa shape index (κ3) is 6.87. The Morgan fingerprint density at radius 2 is 1.91 bits per heavy atom. The zero-order chi connectivity index (χ0) is 17.4. The highest BCUT2D eigenvalue weighted by Gasteiger charge is 2.13. The number of halogens is 2. The van der Waals surface area contributed by atoms with Crippen molar-refractivity contribution in [2.45, 2.75) is 13.8 Å². The lowest BCUT2D eigenvalue weighted by atomic mass is 10.2. The molecular formula is C14H15BrClNO6. The number of ether oxygens (including phenoxy) is 3. The molecule has 0 saturated carbocycles. The molecule has 0 saturated heterocycles. The number of benzene rings is 1. The summed E-state index contributed by atoms with van der Waals surface area (Å²) in [6.07, 6.45) is -0.901. The summed E-state index contributed by atoms with van der Waals surface area (Å²) in [5.41, 5.74) is 0.734. The Balaban J connectivity index is 2.41. The Labute approximate surface area is 146 Å². The number of amides is 2. The smallest absolute Gasteiger partial charge is 0.413 e. The van der Waals surface area contributed by atoms with Gasteiger partial charge in [-0.25, -0.2) is 9.59 Å². The minimum absolute atomic E-state index is 0.125. The lowest BCUT2D eigenvalue weighted by molar-refractivity contribution is -0.150. The van der Waals surface area contributed by atoms with Gasteiger partial charge in [0.05, 0.1) is 11.6 Å².